The quantitative estimate of drug-likeness (QED) is 0.438. The number of unbranched alkanes of at least 4 members (excludes halogenated alkanes) is 3. The molecule has 5 heteroatoms. The Bertz CT molecular complexity index is 690. The molecule has 2 aromatic rings. The fraction of sp³-hybridized carbons (Fsp3) is 0.375. The van der Waals surface area contributed by atoms with Crippen molar-refractivity contribution in [1.29, 1.82) is 0 Å². The SMILES string of the molecule is CCCCCCOc1ccc2cc(C(=O)Cl)c(=O)oc2c1. The topological polar surface area (TPSA) is 56.5 Å². The normalized spacial score (nSPS) is 10.8. The number of benzene rings is 1. The summed E-state index contributed by atoms with van der Waals surface area (Å²) in [6.07, 6.45) is 4.52. The van der Waals surface area contributed by atoms with Crippen molar-refractivity contribution in [3.8, 4) is 5.75 Å². The first-order chi connectivity index (χ1) is 10.1. The number of carbonyl (C=O) groups excluding carboxylic acids is 1. The highest BCUT2D eigenvalue weighted by atomic mass is 35.5. The van der Waals surface area contributed by atoms with E-state index in [1.165, 1.54) is 18.9 Å². The van der Waals surface area contributed by atoms with Gasteiger partial charge in [0, 0.05) is 11.5 Å². The zero-order valence-corrected chi connectivity index (χ0v) is 12.6. The molecule has 2 rings (SSSR count). The van der Waals surface area contributed by atoms with Crippen molar-refractivity contribution in [1.82, 2.24) is 0 Å². The third-order valence-electron chi connectivity index (χ3n) is 3.19. The molecule has 21 heavy (non-hydrogen) atoms. The highest BCUT2D eigenvalue weighted by molar-refractivity contribution is 6.67. The minimum absolute atomic E-state index is 0.155. The van der Waals surface area contributed by atoms with Gasteiger partial charge in [-0.1, -0.05) is 26.2 Å². The predicted octanol–water partition coefficient (Wildman–Crippen LogP) is 4.13. The van der Waals surface area contributed by atoms with Crippen molar-refractivity contribution in [2.24, 2.45) is 0 Å². The predicted molar refractivity (Wildman–Crippen MR) is 82.3 cm³/mol. The van der Waals surface area contributed by atoms with Crippen LogP contribution in [-0.2, 0) is 0 Å². The highest BCUT2D eigenvalue weighted by Gasteiger charge is 2.11. The Hall–Kier alpha value is -1.81. The molecule has 0 saturated heterocycles. The van der Waals surface area contributed by atoms with Gasteiger partial charge in [-0.15, -0.1) is 0 Å². The van der Waals surface area contributed by atoms with Crippen LogP contribution in [0.1, 0.15) is 43.0 Å². The van der Waals surface area contributed by atoms with Crippen molar-refractivity contribution < 1.29 is 13.9 Å². The van der Waals surface area contributed by atoms with Gasteiger partial charge in [0.15, 0.2) is 0 Å². The van der Waals surface area contributed by atoms with Gasteiger partial charge in [0.1, 0.15) is 16.9 Å². The average Bonchev–Trinajstić information content (AvgIpc) is 2.46. The van der Waals surface area contributed by atoms with Crippen LogP contribution in [0.5, 0.6) is 5.75 Å². The van der Waals surface area contributed by atoms with Gasteiger partial charge in [-0.25, -0.2) is 4.79 Å². The molecular formula is C16H17ClO4. The smallest absolute Gasteiger partial charge is 0.348 e. The zero-order valence-electron chi connectivity index (χ0n) is 11.9. The molecule has 0 saturated carbocycles. The number of hydrogen-bond acceptors (Lipinski definition) is 4. The Morgan fingerprint density at radius 1 is 1.24 bits per heavy atom. The van der Waals surface area contributed by atoms with Crippen molar-refractivity contribution >= 4 is 27.8 Å². The second kappa shape index (κ2) is 7.27. The van der Waals surface area contributed by atoms with Crippen LogP contribution in [0.25, 0.3) is 11.0 Å². The molecule has 0 aliphatic heterocycles. The second-order valence-electron chi connectivity index (χ2n) is 4.83. The summed E-state index contributed by atoms with van der Waals surface area (Å²) in [6.45, 7) is 2.79. The number of hydrogen-bond donors (Lipinski definition) is 0. The maximum Gasteiger partial charge on any atom is 0.348 e. The maximum absolute atomic E-state index is 11.6. The molecule has 0 aliphatic carbocycles. The van der Waals surface area contributed by atoms with Gasteiger partial charge in [-0.3, -0.25) is 4.79 Å². The molecule has 0 radical (unpaired) electrons. The molecule has 0 N–H and O–H groups in total. The fourth-order valence-electron chi connectivity index (χ4n) is 2.04. The Morgan fingerprint density at radius 3 is 2.76 bits per heavy atom. The molecule has 112 valence electrons. The van der Waals surface area contributed by atoms with Gasteiger partial charge in [0.2, 0.25) is 0 Å². The molecule has 4 nitrogen and oxygen atoms in total. The molecule has 1 heterocycles. The lowest BCUT2D eigenvalue weighted by Crippen LogP contribution is -2.09. The Labute approximate surface area is 127 Å². The van der Waals surface area contributed by atoms with Crippen LogP contribution in [0.15, 0.2) is 33.5 Å². The number of fused-ring (bicyclic) bond motifs is 1. The third kappa shape index (κ3) is 4.08. The van der Waals surface area contributed by atoms with Gasteiger partial charge in [0.05, 0.1) is 6.61 Å². The van der Waals surface area contributed by atoms with Crippen LogP contribution in [-0.4, -0.2) is 11.8 Å². The Kier molecular flexibility index (Phi) is 5.39. The molecule has 0 fully saturated rings. The number of ether oxygens (including phenoxy) is 1. The maximum atomic E-state index is 11.6. The zero-order chi connectivity index (χ0) is 15.2. The molecule has 1 aromatic heterocycles. The molecule has 0 aliphatic rings. The van der Waals surface area contributed by atoms with E-state index in [0.717, 1.165) is 12.8 Å². The summed E-state index contributed by atoms with van der Waals surface area (Å²) < 4.78 is 10.7. The van der Waals surface area contributed by atoms with E-state index in [2.05, 4.69) is 6.92 Å². The molecule has 0 amide bonds. The Morgan fingerprint density at radius 2 is 2.05 bits per heavy atom. The van der Waals surface area contributed by atoms with Crippen LogP contribution in [0.3, 0.4) is 0 Å². The van der Waals surface area contributed by atoms with Gasteiger partial charge in [0.25, 0.3) is 5.24 Å². The molecule has 0 bridgehead atoms. The third-order valence-corrected chi connectivity index (χ3v) is 3.39. The summed E-state index contributed by atoms with van der Waals surface area (Å²) in [5.41, 5.74) is -0.507. The summed E-state index contributed by atoms with van der Waals surface area (Å²) in [4.78, 5) is 22.7. The molecule has 0 spiro atoms. The summed E-state index contributed by atoms with van der Waals surface area (Å²) in [5, 5.41) is -0.182. The fourth-order valence-corrected chi connectivity index (χ4v) is 2.17. The van der Waals surface area contributed by atoms with Crippen LogP contribution in [0.4, 0.5) is 0 Å². The largest absolute Gasteiger partial charge is 0.493 e. The van der Waals surface area contributed by atoms with Crippen LogP contribution < -0.4 is 10.4 Å². The molecule has 0 unspecified atom stereocenters. The lowest BCUT2D eigenvalue weighted by molar-refractivity contribution is 0.107. The first-order valence-corrected chi connectivity index (χ1v) is 7.40. The highest BCUT2D eigenvalue weighted by Crippen LogP contribution is 2.21. The van der Waals surface area contributed by atoms with Crippen LogP contribution in [0, 0.1) is 0 Å². The van der Waals surface area contributed by atoms with Crippen molar-refractivity contribution in [3.05, 3.63) is 40.2 Å². The van der Waals surface area contributed by atoms with E-state index >= 15 is 0 Å². The van der Waals surface area contributed by atoms with Gasteiger partial charge < -0.3 is 9.15 Å². The van der Waals surface area contributed by atoms with Crippen molar-refractivity contribution in [2.75, 3.05) is 6.61 Å². The van der Waals surface area contributed by atoms with E-state index in [1.54, 1.807) is 18.2 Å². The monoisotopic (exact) mass is 308 g/mol. The lowest BCUT2D eigenvalue weighted by atomic mass is 10.2. The summed E-state index contributed by atoms with van der Waals surface area (Å²) in [7, 11) is 0. The molecular weight excluding hydrogens is 292 g/mol. The lowest BCUT2D eigenvalue weighted by Gasteiger charge is -2.06. The Balaban J connectivity index is 2.13. The summed E-state index contributed by atoms with van der Waals surface area (Å²) in [5.74, 6) is 0.645. The van der Waals surface area contributed by atoms with Crippen molar-refractivity contribution in [3.63, 3.8) is 0 Å². The molecule has 1 aromatic carbocycles. The number of rotatable bonds is 7. The van der Waals surface area contributed by atoms with E-state index in [4.69, 9.17) is 20.8 Å². The average molecular weight is 309 g/mol. The van der Waals surface area contributed by atoms with E-state index in [-0.39, 0.29) is 5.56 Å². The molecule has 0 atom stereocenters. The van der Waals surface area contributed by atoms with Crippen molar-refractivity contribution in [2.45, 2.75) is 32.6 Å². The van der Waals surface area contributed by atoms with Gasteiger partial charge >= 0.3 is 5.63 Å². The van der Waals surface area contributed by atoms with E-state index in [0.29, 0.717) is 23.3 Å². The van der Waals surface area contributed by atoms with Gasteiger partial charge in [-0.05, 0) is 36.2 Å². The van der Waals surface area contributed by atoms with E-state index < -0.39 is 10.9 Å². The number of halogens is 1. The first kappa shape index (κ1) is 15.6. The van der Waals surface area contributed by atoms with E-state index in [9.17, 15) is 9.59 Å². The van der Waals surface area contributed by atoms with Crippen LogP contribution in [0.2, 0.25) is 0 Å². The summed E-state index contributed by atoms with van der Waals surface area (Å²) in [6, 6.07) is 6.61. The number of carbonyl (C=O) groups is 1. The minimum atomic E-state index is -0.818. The van der Waals surface area contributed by atoms with Gasteiger partial charge in [-0.2, -0.15) is 0 Å². The van der Waals surface area contributed by atoms with E-state index in [1.807, 2.05) is 0 Å². The first-order valence-electron chi connectivity index (χ1n) is 7.02. The van der Waals surface area contributed by atoms with Crippen LogP contribution >= 0.6 is 11.6 Å². The second-order valence-corrected chi connectivity index (χ2v) is 5.17. The minimum Gasteiger partial charge on any atom is -0.493 e. The summed E-state index contributed by atoms with van der Waals surface area (Å²) >= 11 is 5.33. The standard InChI is InChI=1S/C16H17ClO4/c1-2-3-4-5-8-20-12-7-6-11-9-13(15(17)18)16(19)21-14(11)10-12/h6-7,9-10H,2-5,8H2,1H3.